The fraction of sp³-hybridized carbons (Fsp3) is 0.600. The number of likely N-dealkylation sites (tertiary alicyclic amines) is 1. The molecule has 0 saturated carbocycles. The molecule has 1 saturated heterocycles. The molecule has 1 fully saturated rings. The molecule has 1 aliphatic heterocycles. The van der Waals surface area contributed by atoms with Gasteiger partial charge in [-0.15, -0.1) is 22.7 Å². The van der Waals surface area contributed by atoms with Crippen LogP contribution >= 0.6 is 22.7 Å². The van der Waals surface area contributed by atoms with E-state index >= 15 is 0 Å². The van der Waals surface area contributed by atoms with E-state index in [1.807, 2.05) is 44.9 Å². The van der Waals surface area contributed by atoms with Gasteiger partial charge in [-0.2, -0.15) is 0 Å². The molecule has 6 nitrogen and oxygen atoms in total. The van der Waals surface area contributed by atoms with Crippen molar-refractivity contribution in [3.63, 3.8) is 0 Å². The summed E-state index contributed by atoms with van der Waals surface area (Å²) in [5.41, 5.74) is 0.362. The smallest absolute Gasteiger partial charge is 0.265 e. The van der Waals surface area contributed by atoms with Crippen molar-refractivity contribution >= 4 is 34.5 Å². The molecule has 8 heteroatoms. The second-order valence-electron chi connectivity index (χ2n) is 8.35. The lowest BCUT2D eigenvalue weighted by Crippen LogP contribution is -2.45. The molecule has 1 atom stereocenters. The zero-order valence-corrected chi connectivity index (χ0v) is 18.7. The third-order valence-electron chi connectivity index (χ3n) is 5.08. The molecule has 2 aromatic heterocycles. The molecule has 0 radical (unpaired) electrons. The van der Waals surface area contributed by atoms with Crippen molar-refractivity contribution in [1.29, 1.82) is 0 Å². The maximum absolute atomic E-state index is 12.9. The van der Waals surface area contributed by atoms with Crippen LogP contribution in [0, 0.1) is 25.2 Å². The number of nitrogens with zero attached hydrogens (tertiary/aromatic N) is 3. The van der Waals surface area contributed by atoms with Gasteiger partial charge in [-0.1, -0.05) is 20.8 Å². The van der Waals surface area contributed by atoms with Crippen molar-refractivity contribution in [1.82, 2.24) is 20.2 Å². The molecule has 2 aromatic rings. The Hall–Kier alpha value is -1.80. The van der Waals surface area contributed by atoms with Crippen molar-refractivity contribution in [2.45, 2.75) is 53.5 Å². The van der Waals surface area contributed by atoms with Gasteiger partial charge in [0, 0.05) is 30.1 Å². The number of rotatable bonds is 4. The highest BCUT2D eigenvalue weighted by atomic mass is 32.1. The van der Waals surface area contributed by atoms with Crippen LogP contribution < -0.4 is 5.32 Å². The van der Waals surface area contributed by atoms with Gasteiger partial charge in [0.05, 0.1) is 16.7 Å². The van der Waals surface area contributed by atoms with E-state index in [0.717, 1.165) is 33.4 Å². The Morgan fingerprint density at radius 2 is 1.93 bits per heavy atom. The van der Waals surface area contributed by atoms with Gasteiger partial charge in [0.25, 0.3) is 5.91 Å². The Morgan fingerprint density at radius 1 is 1.25 bits per heavy atom. The lowest BCUT2D eigenvalue weighted by Gasteiger charge is -2.36. The van der Waals surface area contributed by atoms with E-state index in [0.29, 0.717) is 13.1 Å². The molecule has 0 aliphatic carbocycles. The third kappa shape index (κ3) is 4.60. The molecule has 0 unspecified atom stereocenters. The monoisotopic (exact) mass is 420 g/mol. The van der Waals surface area contributed by atoms with Crippen LogP contribution in [0.1, 0.15) is 65.0 Å². The van der Waals surface area contributed by atoms with E-state index in [2.05, 4.69) is 15.3 Å². The van der Waals surface area contributed by atoms with Crippen molar-refractivity contribution in [2.75, 3.05) is 13.1 Å². The van der Waals surface area contributed by atoms with Gasteiger partial charge in [0.15, 0.2) is 0 Å². The van der Waals surface area contributed by atoms with Gasteiger partial charge in [0.2, 0.25) is 5.91 Å². The minimum atomic E-state index is -0.451. The summed E-state index contributed by atoms with van der Waals surface area (Å²) < 4.78 is 0. The Kier molecular flexibility index (Phi) is 6.19. The third-order valence-corrected chi connectivity index (χ3v) is 7.00. The zero-order valence-electron chi connectivity index (χ0n) is 17.1. The molecule has 1 N–H and O–H groups in total. The lowest BCUT2D eigenvalue weighted by atomic mass is 9.87. The zero-order chi connectivity index (χ0) is 20.5. The van der Waals surface area contributed by atoms with Crippen LogP contribution in [0.4, 0.5) is 0 Å². The highest BCUT2D eigenvalue weighted by Crippen LogP contribution is 2.34. The molecule has 0 bridgehead atoms. The number of aryl methyl sites for hydroxylation is 2. The highest BCUT2D eigenvalue weighted by molar-refractivity contribution is 7.13. The van der Waals surface area contributed by atoms with Crippen LogP contribution in [0.2, 0.25) is 0 Å². The SMILES string of the molecule is Cc1nc(C)c(C(=O)N2CCC([C@H](NC(=O)C(C)(C)C)c3nccs3)CC2)s1. The van der Waals surface area contributed by atoms with Crippen LogP contribution in [0.5, 0.6) is 0 Å². The summed E-state index contributed by atoms with van der Waals surface area (Å²) in [6, 6.07) is -0.101. The Labute approximate surface area is 174 Å². The van der Waals surface area contributed by atoms with E-state index < -0.39 is 5.41 Å². The van der Waals surface area contributed by atoms with Crippen LogP contribution in [-0.4, -0.2) is 39.8 Å². The molecule has 152 valence electrons. The first kappa shape index (κ1) is 20.9. The molecule has 1 aliphatic rings. The van der Waals surface area contributed by atoms with E-state index in [-0.39, 0.29) is 23.8 Å². The molecule has 3 heterocycles. The van der Waals surface area contributed by atoms with Crippen molar-refractivity contribution in [3.05, 3.63) is 32.2 Å². The summed E-state index contributed by atoms with van der Waals surface area (Å²) in [6.45, 7) is 11.0. The Morgan fingerprint density at radius 3 is 2.43 bits per heavy atom. The first-order chi connectivity index (χ1) is 13.2. The summed E-state index contributed by atoms with van der Waals surface area (Å²) in [4.78, 5) is 37.0. The molecule has 28 heavy (non-hydrogen) atoms. The average molecular weight is 421 g/mol. The fourth-order valence-electron chi connectivity index (χ4n) is 3.44. The predicted octanol–water partition coefficient (Wildman–Crippen LogP) is 3.97. The van der Waals surface area contributed by atoms with E-state index in [9.17, 15) is 9.59 Å². The van der Waals surface area contributed by atoms with E-state index in [1.165, 1.54) is 11.3 Å². The summed E-state index contributed by atoms with van der Waals surface area (Å²) in [5, 5.41) is 7.02. The van der Waals surface area contributed by atoms with Crippen molar-refractivity contribution < 1.29 is 9.59 Å². The Bertz CT molecular complexity index is 831. The maximum atomic E-state index is 12.9. The summed E-state index contributed by atoms with van der Waals surface area (Å²) >= 11 is 3.04. The maximum Gasteiger partial charge on any atom is 0.265 e. The topological polar surface area (TPSA) is 75.2 Å². The number of hydrogen-bond donors (Lipinski definition) is 1. The summed E-state index contributed by atoms with van der Waals surface area (Å²) in [5.74, 6) is 0.374. The number of carbonyl (C=O) groups is 2. The number of hydrogen-bond acceptors (Lipinski definition) is 6. The van der Waals surface area contributed by atoms with Gasteiger partial charge >= 0.3 is 0 Å². The normalized spacial score (nSPS) is 16.8. The van der Waals surface area contributed by atoms with Gasteiger partial charge < -0.3 is 10.2 Å². The first-order valence-corrected chi connectivity index (χ1v) is 11.3. The van der Waals surface area contributed by atoms with Crippen LogP contribution in [0.25, 0.3) is 0 Å². The van der Waals surface area contributed by atoms with E-state index in [1.54, 1.807) is 17.5 Å². The van der Waals surface area contributed by atoms with Gasteiger partial charge in [-0.05, 0) is 32.6 Å². The van der Waals surface area contributed by atoms with Crippen molar-refractivity contribution in [2.24, 2.45) is 11.3 Å². The number of thiazole rings is 2. The second kappa shape index (κ2) is 8.29. The number of piperidine rings is 1. The fourth-order valence-corrected chi connectivity index (χ4v) is 5.10. The number of carbonyl (C=O) groups excluding carboxylic acids is 2. The lowest BCUT2D eigenvalue weighted by molar-refractivity contribution is -0.129. The van der Waals surface area contributed by atoms with Crippen LogP contribution in [0.3, 0.4) is 0 Å². The minimum absolute atomic E-state index is 0.0296. The highest BCUT2D eigenvalue weighted by Gasteiger charge is 2.34. The minimum Gasteiger partial charge on any atom is -0.346 e. The molecule has 0 aromatic carbocycles. The molecule has 2 amide bonds. The van der Waals surface area contributed by atoms with E-state index in [4.69, 9.17) is 0 Å². The quantitative estimate of drug-likeness (QED) is 0.812. The van der Waals surface area contributed by atoms with Crippen molar-refractivity contribution in [3.8, 4) is 0 Å². The average Bonchev–Trinajstić information content (AvgIpc) is 3.27. The van der Waals surface area contributed by atoms with Crippen LogP contribution in [0.15, 0.2) is 11.6 Å². The standard InChI is InChI=1S/C20H28N4O2S2/c1-12-16(28-13(2)22-12)18(25)24-9-6-14(7-10-24)15(17-21-8-11-27-17)23-19(26)20(3,4)5/h8,11,14-15H,6-7,9-10H2,1-5H3,(H,23,26)/t15-/m0/s1. The molecular weight excluding hydrogens is 392 g/mol. The largest absolute Gasteiger partial charge is 0.346 e. The van der Waals surface area contributed by atoms with Gasteiger partial charge in [-0.3, -0.25) is 9.59 Å². The van der Waals surface area contributed by atoms with Gasteiger partial charge in [0.1, 0.15) is 9.88 Å². The molecule has 3 rings (SSSR count). The second-order valence-corrected chi connectivity index (χ2v) is 10.5. The Balaban J connectivity index is 1.69. The molecular formula is C20H28N4O2S2. The predicted molar refractivity (Wildman–Crippen MR) is 113 cm³/mol. The first-order valence-electron chi connectivity index (χ1n) is 9.60. The summed E-state index contributed by atoms with van der Waals surface area (Å²) in [7, 11) is 0. The number of nitrogens with one attached hydrogen (secondary N) is 1. The van der Waals surface area contributed by atoms with Crippen LogP contribution in [-0.2, 0) is 4.79 Å². The summed E-state index contributed by atoms with van der Waals surface area (Å²) in [6.07, 6.45) is 3.47. The number of amides is 2. The number of aromatic nitrogens is 2. The molecule has 0 spiro atoms. The van der Waals surface area contributed by atoms with Gasteiger partial charge in [-0.25, -0.2) is 9.97 Å².